The molecular weight excluding hydrogens is 136 g/mol. The van der Waals surface area contributed by atoms with Crippen LogP contribution in [0.3, 0.4) is 0 Å². The lowest BCUT2D eigenvalue weighted by Gasteiger charge is -2.10. The van der Waals surface area contributed by atoms with Crippen LogP contribution in [0.1, 0.15) is 39.5 Å². The van der Waals surface area contributed by atoms with Gasteiger partial charge >= 0.3 is 0 Å². The zero-order valence-electron chi connectivity index (χ0n) is 7.56. The largest absolute Gasteiger partial charge is 0.396 e. The third-order valence-electron chi connectivity index (χ3n) is 4.39. The summed E-state index contributed by atoms with van der Waals surface area (Å²) in [6.07, 6.45) is 5.35. The molecule has 64 valence electrons. The van der Waals surface area contributed by atoms with Crippen LogP contribution in [0.15, 0.2) is 0 Å². The van der Waals surface area contributed by atoms with Gasteiger partial charge in [-0.15, -0.1) is 0 Å². The lowest BCUT2D eigenvalue weighted by molar-refractivity contribution is 0.255. The van der Waals surface area contributed by atoms with E-state index in [2.05, 4.69) is 13.8 Å². The quantitative estimate of drug-likeness (QED) is 0.660. The highest BCUT2D eigenvalue weighted by molar-refractivity contribution is 5.25. The molecule has 11 heavy (non-hydrogen) atoms. The van der Waals surface area contributed by atoms with E-state index in [0.717, 1.165) is 0 Å². The van der Waals surface area contributed by atoms with Crippen LogP contribution in [0.4, 0.5) is 0 Å². The van der Waals surface area contributed by atoms with Crippen molar-refractivity contribution in [2.24, 2.45) is 16.7 Å². The van der Waals surface area contributed by atoms with Gasteiger partial charge < -0.3 is 5.11 Å². The number of hydrogen-bond donors (Lipinski definition) is 1. The van der Waals surface area contributed by atoms with Gasteiger partial charge in [0, 0.05) is 6.61 Å². The zero-order chi connectivity index (χ0) is 8.11. The van der Waals surface area contributed by atoms with Gasteiger partial charge in [-0.05, 0) is 42.4 Å². The summed E-state index contributed by atoms with van der Waals surface area (Å²) in [6.45, 7) is 5.03. The van der Waals surface area contributed by atoms with Gasteiger partial charge in [-0.1, -0.05) is 13.8 Å². The maximum atomic E-state index is 9.00. The highest BCUT2D eigenvalue weighted by atomic mass is 16.3. The number of aliphatic hydroxyl groups is 1. The molecule has 2 fully saturated rings. The third-order valence-corrected chi connectivity index (χ3v) is 4.39. The molecule has 0 radical (unpaired) electrons. The second-order valence-corrected chi connectivity index (χ2v) is 4.40. The van der Waals surface area contributed by atoms with Gasteiger partial charge in [0.2, 0.25) is 0 Å². The standard InChI is InChI=1S/C10H18O/c1-3-9(4-2)7-10(9)5-8(10)6-11/h8,11H,3-7H2,1-2H3/t8?,10-/m1/s1. The van der Waals surface area contributed by atoms with Crippen molar-refractivity contribution in [2.75, 3.05) is 6.61 Å². The Hall–Kier alpha value is -0.0400. The van der Waals surface area contributed by atoms with Gasteiger partial charge in [0.05, 0.1) is 0 Å². The van der Waals surface area contributed by atoms with E-state index in [1.807, 2.05) is 0 Å². The van der Waals surface area contributed by atoms with Gasteiger partial charge in [-0.3, -0.25) is 0 Å². The Morgan fingerprint density at radius 1 is 1.36 bits per heavy atom. The molecule has 2 saturated carbocycles. The second-order valence-electron chi connectivity index (χ2n) is 4.40. The van der Waals surface area contributed by atoms with E-state index < -0.39 is 0 Å². The summed E-state index contributed by atoms with van der Waals surface area (Å²) in [5.41, 5.74) is 1.28. The Morgan fingerprint density at radius 3 is 2.27 bits per heavy atom. The molecule has 0 bridgehead atoms. The van der Waals surface area contributed by atoms with Crippen LogP contribution in [0.2, 0.25) is 0 Å². The highest BCUT2D eigenvalue weighted by Crippen LogP contribution is 2.83. The minimum absolute atomic E-state index is 0.432. The summed E-state index contributed by atoms with van der Waals surface area (Å²) in [5.74, 6) is 0.669. The SMILES string of the molecule is CCC1(CC)C[C@@]12CC2CO. The average Bonchev–Trinajstić information content (AvgIpc) is 2.91. The predicted octanol–water partition coefficient (Wildman–Crippen LogP) is 2.20. The molecule has 1 nitrogen and oxygen atoms in total. The van der Waals surface area contributed by atoms with Crippen LogP contribution in [-0.4, -0.2) is 11.7 Å². The van der Waals surface area contributed by atoms with E-state index in [0.29, 0.717) is 23.4 Å². The van der Waals surface area contributed by atoms with Crippen molar-refractivity contribution in [1.29, 1.82) is 0 Å². The van der Waals surface area contributed by atoms with E-state index in [1.165, 1.54) is 25.7 Å². The molecule has 0 amide bonds. The minimum Gasteiger partial charge on any atom is -0.396 e. The van der Waals surface area contributed by atoms with E-state index in [4.69, 9.17) is 5.11 Å². The molecule has 1 unspecified atom stereocenters. The van der Waals surface area contributed by atoms with Crippen LogP contribution >= 0.6 is 0 Å². The van der Waals surface area contributed by atoms with Gasteiger partial charge in [0.15, 0.2) is 0 Å². The van der Waals surface area contributed by atoms with Gasteiger partial charge in [-0.25, -0.2) is 0 Å². The van der Waals surface area contributed by atoms with Crippen LogP contribution in [-0.2, 0) is 0 Å². The van der Waals surface area contributed by atoms with E-state index in [1.54, 1.807) is 0 Å². The van der Waals surface area contributed by atoms with Crippen molar-refractivity contribution in [3.63, 3.8) is 0 Å². The molecule has 2 aliphatic carbocycles. The molecule has 0 aromatic heterocycles. The lowest BCUT2D eigenvalue weighted by Crippen LogP contribution is -2.03. The normalized spacial score (nSPS) is 44.5. The summed E-state index contributed by atoms with van der Waals surface area (Å²) in [6, 6.07) is 0. The number of hydrogen-bond acceptors (Lipinski definition) is 1. The first-order valence-corrected chi connectivity index (χ1v) is 4.85. The lowest BCUT2D eigenvalue weighted by atomic mass is 9.95. The molecule has 2 aliphatic rings. The molecule has 0 heterocycles. The Balaban J connectivity index is 2.03. The summed E-state index contributed by atoms with van der Waals surface area (Å²) < 4.78 is 0. The summed E-state index contributed by atoms with van der Waals surface area (Å²) in [4.78, 5) is 0. The van der Waals surface area contributed by atoms with Gasteiger partial charge in [0.25, 0.3) is 0 Å². The fraction of sp³-hybridized carbons (Fsp3) is 1.00. The monoisotopic (exact) mass is 154 g/mol. The maximum absolute atomic E-state index is 9.00. The summed E-state index contributed by atoms with van der Waals surface area (Å²) in [5, 5.41) is 9.00. The molecule has 1 spiro atoms. The molecule has 0 aliphatic heterocycles. The van der Waals surface area contributed by atoms with Gasteiger partial charge in [0.1, 0.15) is 0 Å². The Kier molecular flexibility index (Phi) is 1.39. The molecule has 2 rings (SSSR count). The smallest absolute Gasteiger partial charge is 0.0465 e. The first kappa shape index (κ1) is 7.60. The second kappa shape index (κ2) is 2.01. The average molecular weight is 154 g/mol. The first-order chi connectivity index (χ1) is 5.24. The van der Waals surface area contributed by atoms with Crippen LogP contribution in [0, 0.1) is 16.7 Å². The van der Waals surface area contributed by atoms with Crippen molar-refractivity contribution in [1.82, 2.24) is 0 Å². The number of aliphatic hydroxyl groups excluding tert-OH is 1. The topological polar surface area (TPSA) is 20.2 Å². The fourth-order valence-corrected chi connectivity index (χ4v) is 3.25. The van der Waals surface area contributed by atoms with Gasteiger partial charge in [-0.2, -0.15) is 0 Å². The molecule has 0 aromatic carbocycles. The minimum atomic E-state index is 0.432. The van der Waals surface area contributed by atoms with Crippen LogP contribution in [0.5, 0.6) is 0 Å². The molecule has 0 aromatic rings. The van der Waals surface area contributed by atoms with E-state index in [9.17, 15) is 0 Å². The molecule has 1 heteroatoms. The molecule has 0 saturated heterocycles. The fourth-order valence-electron chi connectivity index (χ4n) is 3.25. The molecular formula is C10H18O. The van der Waals surface area contributed by atoms with Crippen molar-refractivity contribution < 1.29 is 5.11 Å². The summed E-state index contributed by atoms with van der Waals surface area (Å²) >= 11 is 0. The Labute approximate surface area is 68.8 Å². The predicted molar refractivity (Wildman–Crippen MR) is 45.3 cm³/mol. The molecule has 1 N–H and O–H groups in total. The van der Waals surface area contributed by atoms with Crippen LogP contribution < -0.4 is 0 Å². The maximum Gasteiger partial charge on any atom is 0.0465 e. The van der Waals surface area contributed by atoms with E-state index in [-0.39, 0.29) is 0 Å². The number of rotatable bonds is 3. The Bertz CT molecular complexity index is 172. The third kappa shape index (κ3) is 0.703. The van der Waals surface area contributed by atoms with Crippen LogP contribution in [0.25, 0.3) is 0 Å². The van der Waals surface area contributed by atoms with Crippen molar-refractivity contribution >= 4 is 0 Å². The highest BCUT2D eigenvalue weighted by Gasteiger charge is 2.76. The summed E-state index contributed by atoms with van der Waals surface area (Å²) in [7, 11) is 0. The first-order valence-electron chi connectivity index (χ1n) is 4.85. The van der Waals surface area contributed by atoms with Crippen molar-refractivity contribution in [3.05, 3.63) is 0 Å². The van der Waals surface area contributed by atoms with Crippen molar-refractivity contribution in [2.45, 2.75) is 39.5 Å². The molecule has 2 atom stereocenters. The zero-order valence-corrected chi connectivity index (χ0v) is 7.56. The van der Waals surface area contributed by atoms with E-state index >= 15 is 0 Å². The van der Waals surface area contributed by atoms with Crippen molar-refractivity contribution in [3.8, 4) is 0 Å². The Morgan fingerprint density at radius 2 is 2.00 bits per heavy atom.